The molecule has 5 N–H and O–H groups in total. The highest BCUT2D eigenvalue weighted by molar-refractivity contribution is 5.83. The fourth-order valence-corrected chi connectivity index (χ4v) is 1.35. The number of primary amides is 1. The molecule has 0 bridgehead atoms. The smallest absolute Gasteiger partial charge is 0.236 e. The lowest BCUT2D eigenvalue weighted by Crippen LogP contribution is -2.38. The lowest BCUT2D eigenvalue weighted by atomic mass is 9.87. The summed E-state index contributed by atoms with van der Waals surface area (Å²) in [6.45, 7) is 6.07. The molecule has 2 amide bonds. The van der Waals surface area contributed by atoms with Gasteiger partial charge in [0.15, 0.2) is 0 Å². The third-order valence-electron chi connectivity index (χ3n) is 1.78. The maximum absolute atomic E-state index is 11.2. The summed E-state index contributed by atoms with van der Waals surface area (Å²) in [5.74, 6) is -0.779. The molecule has 0 aliphatic rings. The van der Waals surface area contributed by atoms with Crippen LogP contribution in [0.1, 0.15) is 33.6 Å². The van der Waals surface area contributed by atoms with Crippen molar-refractivity contribution in [3.8, 4) is 0 Å². The Morgan fingerprint density at radius 1 is 1.33 bits per heavy atom. The molecule has 5 nitrogen and oxygen atoms in total. The third-order valence-corrected chi connectivity index (χ3v) is 1.78. The number of nitrogens with two attached hydrogens (primary N) is 2. The minimum Gasteiger partial charge on any atom is -0.368 e. The van der Waals surface area contributed by atoms with E-state index in [1.807, 2.05) is 0 Å². The van der Waals surface area contributed by atoms with Gasteiger partial charge < -0.3 is 16.8 Å². The van der Waals surface area contributed by atoms with Crippen LogP contribution in [0.3, 0.4) is 0 Å². The van der Waals surface area contributed by atoms with Crippen LogP contribution in [-0.4, -0.2) is 24.4 Å². The van der Waals surface area contributed by atoms with Crippen LogP contribution in [0, 0.1) is 5.41 Å². The molecular weight excluding hydrogens is 194 g/mol. The van der Waals surface area contributed by atoms with Gasteiger partial charge in [-0.1, -0.05) is 20.8 Å². The van der Waals surface area contributed by atoms with E-state index in [1.165, 1.54) is 0 Å². The highest BCUT2D eigenvalue weighted by Crippen LogP contribution is 2.20. The molecular formula is C10H21N3O2. The normalized spacial score (nSPS) is 13.3. The Labute approximate surface area is 90.6 Å². The van der Waals surface area contributed by atoms with E-state index in [-0.39, 0.29) is 30.3 Å². The topological polar surface area (TPSA) is 98.2 Å². The van der Waals surface area contributed by atoms with Crippen molar-refractivity contribution in [2.75, 3.05) is 6.54 Å². The number of carbonyl (C=O) groups is 2. The zero-order valence-corrected chi connectivity index (χ0v) is 9.67. The molecule has 0 rings (SSSR count). The average Bonchev–Trinajstić information content (AvgIpc) is 1.96. The van der Waals surface area contributed by atoms with Gasteiger partial charge in [-0.15, -0.1) is 0 Å². The summed E-state index contributed by atoms with van der Waals surface area (Å²) < 4.78 is 0. The SMILES string of the molecule is CC(C)(C)CC(N)CC(=O)NCC(N)=O. The first-order chi connectivity index (χ1) is 6.70. The molecule has 1 unspecified atom stereocenters. The van der Waals surface area contributed by atoms with Crippen molar-refractivity contribution in [2.45, 2.75) is 39.7 Å². The van der Waals surface area contributed by atoms with Crippen LogP contribution in [0.25, 0.3) is 0 Å². The number of hydrogen-bond acceptors (Lipinski definition) is 3. The highest BCUT2D eigenvalue weighted by Gasteiger charge is 2.18. The monoisotopic (exact) mass is 215 g/mol. The lowest BCUT2D eigenvalue weighted by molar-refractivity contribution is -0.125. The first-order valence-corrected chi connectivity index (χ1v) is 5.01. The molecule has 1 atom stereocenters. The molecule has 0 heterocycles. The Kier molecular flexibility index (Phi) is 5.28. The van der Waals surface area contributed by atoms with E-state index in [4.69, 9.17) is 11.5 Å². The molecule has 0 saturated heterocycles. The second-order valence-corrected chi connectivity index (χ2v) is 4.97. The van der Waals surface area contributed by atoms with Crippen molar-refractivity contribution in [1.82, 2.24) is 5.32 Å². The minimum atomic E-state index is -0.548. The Morgan fingerprint density at radius 3 is 2.27 bits per heavy atom. The van der Waals surface area contributed by atoms with E-state index in [0.717, 1.165) is 6.42 Å². The Morgan fingerprint density at radius 2 is 1.87 bits per heavy atom. The van der Waals surface area contributed by atoms with E-state index in [9.17, 15) is 9.59 Å². The molecule has 0 aliphatic carbocycles. The second-order valence-electron chi connectivity index (χ2n) is 4.97. The fourth-order valence-electron chi connectivity index (χ4n) is 1.35. The number of amides is 2. The van der Waals surface area contributed by atoms with Crippen molar-refractivity contribution in [2.24, 2.45) is 16.9 Å². The summed E-state index contributed by atoms with van der Waals surface area (Å²) in [6, 6.07) is -0.183. The summed E-state index contributed by atoms with van der Waals surface area (Å²) in [5.41, 5.74) is 10.8. The van der Waals surface area contributed by atoms with Crippen LogP contribution in [0.4, 0.5) is 0 Å². The molecule has 0 aromatic heterocycles. The highest BCUT2D eigenvalue weighted by atomic mass is 16.2. The summed E-state index contributed by atoms with van der Waals surface area (Å²) in [5, 5.41) is 2.41. The van der Waals surface area contributed by atoms with Gasteiger partial charge in [0, 0.05) is 12.5 Å². The van der Waals surface area contributed by atoms with E-state index in [0.29, 0.717) is 0 Å². The molecule has 0 radical (unpaired) electrons. The van der Waals surface area contributed by atoms with Gasteiger partial charge in [0.25, 0.3) is 0 Å². The Balaban J connectivity index is 3.81. The molecule has 5 heteroatoms. The minimum absolute atomic E-state index is 0.101. The van der Waals surface area contributed by atoms with Gasteiger partial charge in [0.1, 0.15) is 0 Å². The number of rotatable bonds is 5. The van der Waals surface area contributed by atoms with Crippen molar-refractivity contribution < 1.29 is 9.59 Å². The number of nitrogens with one attached hydrogen (secondary N) is 1. The molecule has 88 valence electrons. The van der Waals surface area contributed by atoms with Gasteiger partial charge in [-0.25, -0.2) is 0 Å². The molecule has 15 heavy (non-hydrogen) atoms. The summed E-state index contributed by atoms with van der Waals surface area (Å²) in [4.78, 5) is 21.6. The molecule has 0 spiro atoms. The molecule has 0 saturated carbocycles. The first-order valence-electron chi connectivity index (χ1n) is 5.01. The number of hydrogen-bond donors (Lipinski definition) is 3. The van der Waals surface area contributed by atoms with Crippen molar-refractivity contribution in [1.29, 1.82) is 0 Å². The maximum Gasteiger partial charge on any atom is 0.236 e. The maximum atomic E-state index is 11.2. The molecule has 0 aromatic carbocycles. The quantitative estimate of drug-likeness (QED) is 0.589. The molecule has 0 aliphatic heterocycles. The largest absolute Gasteiger partial charge is 0.368 e. The molecule has 0 aromatic rings. The van der Waals surface area contributed by atoms with E-state index >= 15 is 0 Å². The summed E-state index contributed by atoms with van der Waals surface area (Å²) in [7, 11) is 0. The third kappa shape index (κ3) is 9.21. The van der Waals surface area contributed by atoms with Crippen molar-refractivity contribution in [3.05, 3.63) is 0 Å². The summed E-state index contributed by atoms with van der Waals surface area (Å²) in [6.07, 6.45) is 0.988. The van der Waals surface area contributed by atoms with Gasteiger partial charge in [0.05, 0.1) is 6.54 Å². The van der Waals surface area contributed by atoms with Gasteiger partial charge in [-0.2, -0.15) is 0 Å². The van der Waals surface area contributed by atoms with Crippen LogP contribution in [0.5, 0.6) is 0 Å². The van der Waals surface area contributed by atoms with Gasteiger partial charge in [-0.3, -0.25) is 9.59 Å². The second kappa shape index (κ2) is 5.70. The fraction of sp³-hybridized carbons (Fsp3) is 0.800. The standard InChI is InChI=1S/C10H21N3O2/c1-10(2,3)5-7(11)4-9(15)13-6-8(12)14/h7H,4-6,11H2,1-3H3,(H2,12,14)(H,13,15). The van der Waals surface area contributed by atoms with Crippen LogP contribution in [0.2, 0.25) is 0 Å². The van der Waals surface area contributed by atoms with Crippen LogP contribution in [-0.2, 0) is 9.59 Å². The predicted molar refractivity (Wildman–Crippen MR) is 58.9 cm³/mol. The molecule has 0 fully saturated rings. The van der Waals surface area contributed by atoms with Crippen LogP contribution in [0.15, 0.2) is 0 Å². The van der Waals surface area contributed by atoms with Crippen molar-refractivity contribution in [3.63, 3.8) is 0 Å². The van der Waals surface area contributed by atoms with Crippen molar-refractivity contribution >= 4 is 11.8 Å². The van der Waals surface area contributed by atoms with Gasteiger partial charge >= 0.3 is 0 Å². The van der Waals surface area contributed by atoms with Gasteiger partial charge in [0.2, 0.25) is 11.8 Å². The van der Waals surface area contributed by atoms with E-state index < -0.39 is 5.91 Å². The lowest BCUT2D eigenvalue weighted by Gasteiger charge is -2.22. The zero-order valence-electron chi connectivity index (χ0n) is 9.67. The first kappa shape index (κ1) is 13.9. The average molecular weight is 215 g/mol. The van der Waals surface area contributed by atoms with Crippen LogP contribution < -0.4 is 16.8 Å². The number of carbonyl (C=O) groups excluding carboxylic acids is 2. The Hall–Kier alpha value is -1.10. The summed E-state index contributed by atoms with van der Waals surface area (Å²) >= 11 is 0. The predicted octanol–water partition coefficient (Wildman–Crippen LogP) is -0.258. The van der Waals surface area contributed by atoms with E-state index in [2.05, 4.69) is 26.1 Å². The van der Waals surface area contributed by atoms with Crippen LogP contribution >= 0.6 is 0 Å². The van der Waals surface area contributed by atoms with Gasteiger partial charge in [-0.05, 0) is 11.8 Å². The zero-order chi connectivity index (χ0) is 12.1. The Bertz CT molecular complexity index is 233. The van der Waals surface area contributed by atoms with E-state index in [1.54, 1.807) is 0 Å².